The summed E-state index contributed by atoms with van der Waals surface area (Å²) in [6.07, 6.45) is -0.00911. The number of phenolic OH excluding ortho intramolecular Hbond substituents is 1. The van der Waals surface area contributed by atoms with Gasteiger partial charge in [-0.15, -0.1) is 0 Å². The van der Waals surface area contributed by atoms with E-state index >= 15 is 0 Å². The lowest BCUT2D eigenvalue weighted by atomic mass is 9.76. The Balaban J connectivity index is 2.25. The molecule has 1 aliphatic carbocycles. The zero-order chi connectivity index (χ0) is 11.8. The molecule has 1 fully saturated rings. The molecule has 0 aromatic heterocycles. The predicted molar refractivity (Wildman–Crippen MR) is 57.4 cm³/mol. The Kier molecular flexibility index (Phi) is 2.62. The number of benzene rings is 1. The number of halogens is 2. The molecule has 16 heavy (non-hydrogen) atoms. The number of hydrogen-bond acceptors (Lipinski definition) is 2. The first-order valence-electron chi connectivity index (χ1n) is 5.38. The Bertz CT molecular complexity index is 382. The normalized spacial score (nSPS) is 22.9. The number of phenols is 1. The monoisotopic (exact) mass is 227 g/mol. The maximum absolute atomic E-state index is 13.0. The van der Waals surface area contributed by atoms with Crippen molar-refractivity contribution in [3.8, 4) is 5.75 Å². The summed E-state index contributed by atoms with van der Waals surface area (Å²) in [5.74, 6) is -2.51. The molecule has 0 bridgehead atoms. The van der Waals surface area contributed by atoms with Crippen LogP contribution in [0.5, 0.6) is 5.75 Å². The van der Waals surface area contributed by atoms with E-state index in [0.29, 0.717) is 5.56 Å². The summed E-state index contributed by atoms with van der Waals surface area (Å²) in [4.78, 5) is 0. The topological polar surface area (TPSA) is 46.2 Å². The van der Waals surface area contributed by atoms with Crippen molar-refractivity contribution in [2.45, 2.75) is 37.1 Å². The van der Waals surface area contributed by atoms with Crippen LogP contribution in [0.4, 0.5) is 8.78 Å². The van der Waals surface area contributed by atoms with Crippen LogP contribution in [0.15, 0.2) is 24.3 Å². The average Bonchev–Trinajstić information content (AvgIpc) is 2.24. The Morgan fingerprint density at radius 1 is 1.06 bits per heavy atom. The Morgan fingerprint density at radius 3 is 2.19 bits per heavy atom. The summed E-state index contributed by atoms with van der Waals surface area (Å²) in [6.45, 7) is 0. The molecule has 0 atom stereocenters. The van der Waals surface area contributed by atoms with E-state index in [1.54, 1.807) is 18.2 Å². The van der Waals surface area contributed by atoms with E-state index in [1.165, 1.54) is 6.07 Å². The van der Waals surface area contributed by atoms with Crippen molar-refractivity contribution in [2.75, 3.05) is 0 Å². The van der Waals surface area contributed by atoms with Gasteiger partial charge in [0, 0.05) is 23.9 Å². The Labute approximate surface area is 93.1 Å². The van der Waals surface area contributed by atoms with E-state index < -0.39 is 11.5 Å². The maximum Gasteiger partial charge on any atom is 0.248 e. The van der Waals surface area contributed by atoms with Crippen LogP contribution in [0.25, 0.3) is 0 Å². The third kappa shape index (κ3) is 2.02. The molecule has 0 unspecified atom stereocenters. The molecule has 1 aromatic carbocycles. The number of para-hydroxylation sites is 1. The molecular weight excluding hydrogens is 212 g/mol. The highest BCUT2D eigenvalue weighted by Crippen LogP contribution is 2.44. The van der Waals surface area contributed by atoms with Crippen molar-refractivity contribution >= 4 is 0 Å². The predicted octanol–water partition coefficient (Wildman–Crippen LogP) is 2.76. The SMILES string of the molecule is NC1(c2ccccc2O)CCC(F)(F)CC1. The van der Waals surface area contributed by atoms with E-state index in [0.717, 1.165) is 0 Å². The molecule has 0 heterocycles. The number of hydrogen-bond donors (Lipinski definition) is 2. The molecule has 0 saturated heterocycles. The minimum absolute atomic E-state index is 0.0928. The summed E-state index contributed by atoms with van der Waals surface area (Å²) >= 11 is 0. The van der Waals surface area contributed by atoms with Crippen molar-refractivity contribution in [3.63, 3.8) is 0 Å². The number of rotatable bonds is 1. The molecule has 2 rings (SSSR count). The molecule has 2 nitrogen and oxygen atoms in total. The quantitative estimate of drug-likeness (QED) is 0.774. The van der Waals surface area contributed by atoms with Gasteiger partial charge in [-0.1, -0.05) is 18.2 Å². The highest BCUT2D eigenvalue weighted by atomic mass is 19.3. The van der Waals surface area contributed by atoms with Crippen LogP contribution >= 0.6 is 0 Å². The molecule has 88 valence electrons. The van der Waals surface area contributed by atoms with Gasteiger partial charge in [-0.3, -0.25) is 0 Å². The van der Waals surface area contributed by atoms with Crippen molar-refractivity contribution in [2.24, 2.45) is 5.73 Å². The Hall–Kier alpha value is -1.16. The molecule has 0 spiro atoms. The summed E-state index contributed by atoms with van der Waals surface area (Å²) < 4.78 is 26.1. The van der Waals surface area contributed by atoms with Crippen LogP contribution in [-0.2, 0) is 5.54 Å². The lowest BCUT2D eigenvalue weighted by molar-refractivity contribution is -0.0516. The molecule has 1 aliphatic rings. The van der Waals surface area contributed by atoms with Gasteiger partial charge in [0.1, 0.15) is 5.75 Å². The van der Waals surface area contributed by atoms with Crippen LogP contribution < -0.4 is 5.73 Å². The molecule has 0 amide bonds. The fourth-order valence-electron chi connectivity index (χ4n) is 2.23. The van der Waals surface area contributed by atoms with Crippen LogP contribution in [0, 0.1) is 0 Å². The molecule has 1 aromatic rings. The highest BCUT2D eigenvalue weighted by Gasteiger charge is 2.42. The van der Waals surface area contributed by atoms with Gasteiger partial charge < -0.3 is 10.8 Å². The summed E-state index contributed by atoms with van der Waals surface area (Å²) in [7, 11) is 0. The second kappa shape index (κ2) is 3.70. The fraction of sp³-hybridized carbons (Fsp3) is 0.500. The van der Waals surface area contributed by atoms with Gasteiger partial charge >= 0.3 is 0 Å². The van der Waals surface area contributed by atoms with Crippen molar-refractivity contribution in [1.82, 2.24) is 0 Å². The van der Waals surface area contributed by atoms with E-state index in [2.05, 4.69) is 0 Å². The Morgan fingerprint density at radius 2 is 1.62 bits per heavy atom. The zero-order valence-electron chi connectivity index (χ0n) is 8.92. The van der Waals surface area contributed by atoms with Crippen molar-refractivity contribution < 1.29 is 13.9 Å². The van der Waals surface area contributed by atoms with Crippen molar-refractivity contribution in [1.29, 1.82) is 0 Å². The van der Waals surface area contributed by atoms with Crippen LogP contribution in [-0.4, -0.2) is 11.0 Å². The first-order valence-corrected chi connectivity index (χ1v) is 5.38. The maximum atomic E-state index is 13.0. The second-order valence-electron chi connectivity index (χ2n) is 4.53. The summed E-state index contributed by atoms with van der Waals surface area (Å²) in [6, 6.07) is 6.70. The van der Waals surface area contributed by atoms with E-state index in [-0.39, 0.29) is 31.4 Å². The van der Waals surface area contributed by atoms with E-state index in [1.807, 2.05) is 0 Å². The lowest BCUT2D eigenvalue weighted by Crippen LogP contribution is -2.43. The minimum Gasteiger partial charge on any atom is -0.508 e. The second-order valence-corrected chi connectivity index (χ2v) is 4.53. The molecule has 0 radical (unpaired) electrons. The van der Waals surface area contributed by atoms with Gasteiger partial charge in [0.05, 0.1) is 0 Å². The molecule has 1 saturated carbocycles. The van der Waals surface area contributed by atoms with Gasteiger partial charge in [0.15, 0.2) is 0 Å². The molecule has 4 heteroatoms. The molecule has 3 N–H and O–H groups in total. The summed E-state index contributed by atoms with van der Waals surface area (Å²) in [5, 5.41) is 9.69. The number of nitrogens with two attached hydrogens (primary N) is 1. The van der Waals surface area contributed by atoms with Crippen LogP contribution in [0.3, 0.4) is 0 Å². The molecule has 0 aliphatic heterocycles. The smallest absolute Gasteiger partial charge is 0.248 e. The van der Waals surface area contributed by atoms with Gasteiger partial charge in [-0.2, -0.15) is 0 Å². The van der Waals surface area contributed by atoms with Crippen molar-refractivity contribution in [3.05, 3.63) is 29.8 Å². The van der Waals surface area contributed by atoms with Gasteiger partial charge in [-0.05, 0) is 18.9 Å². The van der Waals surface area contributed by atoms with Gasteiger partial charge in [-0.25, -0.2) is 8.78 Å². The molecular formula is C12H15F2NO. The zero-order valence-corrected chi connectivity index (χ0v) is 8.92. The average molecular weight is 227 g/mol. The van der Waals surface area contributed by atoms with Gasteiger partial charge in [0.25, 0.3) is 0 Å². The minimum atomic E-state index is -2.60. The van der Waals surface area contributed by atoms with Crippen LogP contribution in [0.1, 0.15) is 31.2 Å². The van der Waals surface area contributed by atoms with Gasteiger partial charge in [0.2, 0.25) is 5.92 Å². The van der Waals surface area contributed by atoms with Crippen LogP contribution in [0.2, 0.25) is 0 Å². The van der Waals surface area contributed by atoms with E-state index in [9.17, 15) is 13.9 Å². The first-order chi connectivity index (χ1) is 7.43. The third-order valence-corrected chi connectivity index (χ3v) is 3.31. The lowest BCUT2D eigenvalue weighted by Gasteiger charge is -2.37. The highest BCUT2D eigenvalue weighted by molar-refractivity contribution is 5.38. The largest absolute Gasteiger partial charge is 0.508 e. The first kappa shape index (κ1) is 11.3. The summed E-state index contributed by atoms with van der Waals surface area (Å²) in [5.41, 5.74) is 5.87. The standard InChI is InChI=1S/C12H15F2NO/c13-12(14)7-5-11(15,6-8-12)9-3-1-2-4-10(9)16/h1-4,16H,5-8,15H2. The number of alkyl halides is 2. The van der Waals surface area contributed by atoms with E-state index in [4.69, 9.17) is 5.73 Å². The fourth-order valence-corrected chi connectivity index (χ4v) is 2.23. The number of aromatic hydroxyl groups is 1. The third-order valence-electron chi connectivity index (χ3n) is 3.31.